The molecule has 31 heavy (non-hydrogen) atoms. The molecule has 6 nitrogen and oxygen atoms in total. The zero-order chi connectivity index (χ0) is 22.3. The summed E-state index contributed by atoms with van der Waals surface area (Å²) in [6.07, 6.45) is 0.681. The van der Waals surface area contributed by atoms with Crippen molar-refractivity contribution in [3.05, 3.63) is 90.0 Å². The number of hydrogen-bond donors (Lipinski definition) is 1. The van der Waals surface area contributed by atoms with Gasteiger partial charge in [0.25, 0.3) is 15.9 Å². The van der Waals surface area contributed by atoms with E-state index < -0.39 is 10.0 Å². The molecule has 1 amide bonds. The fraction of sp³-hybridized carbons (Fsp3) is 0.208. The van der Waals surface area contributed by atoms with Crippen LogP contribution in [0.1, 0.15) is 29.3 Å². The zero-order valence-electron chi connectivity index (χ0n) is 17.6. The Morgan fingerprint density at radius 3 is 2.16 bits per heavy atom. The number of anilines is 1. The smallest absolute Gasteiger partial charge is 0.264 e. The highest BCUT2D eigenvalue weighted by Gasteiger charge is 2.24. The van der Waals surface area contributed by atoms with Gasteiger partial charge in [0.15, 0.2) is 0 Å². The highest BCUT2D eigenvalue weighted by atomic mass is 32.2. The van der Waals surface area contributed by atoms with Crippen molar-refractivity contribution in [2.45, 2.75) is 24.8 Å². The van der Waals surface area contributed by atoms with Crippen LogP contribution < -0.4 is 14.4 Å². The Labute approximate surface area is 183 Å². The first kappa shape index (κ1) is 22.4. The van der Waals surface area contributed by atoms with Gasteiger partial charge in [0.2, 0.25) is 0 Å². The summed E-state index contributed by atoms with van der Waals surface area (Å²) in [5.74, 6) is 0.479. The van der Waals surface area contributed by atoms with Gasteiger partial charge in [0.1, 0.15) is 5.75 Å². The molecule has 1 N–H and O–H groups in total. The van der Waals surface area contributed by atoms with Crippen LogP contribution in [0.2, 0.25) is 0 Å². The highest BCUT2D eigenvalue weighted by molar-refractivity contribution is 7.92. The Morgan fingerprint density at radius 2 is 1.58 bits per heavy atom. The lowest BCUT2D eigenvalue weighted by Gasteiger charge is -2.24. The number of ether oxygens (including phenoxy) is 1. The summed E-state index contributed by atoms with van der Waals surface area (Å²) >= 11 is 0. The van der Waals surface area contributed by atoms with E-state index >= 15 is 0 Å². The van der Waals surface area contributed by atoms with Crippen LogP contribution in [0.15, 0.2) is 83.8 Å². The van der Waals surface area contributed by atoms with Crippen molar-refractivity contribution in [2.75, 3.05) is 18.0 Å². The molecular weight excluding hydrogens is 412 g/mol. The van der Waals surface area contributed by atoms with Gasteiger partial charge < -0.3 is 10.1 Å². The number of methoxy groups -OCH3 is 1. The summed E-state index contributed by atoms with van der Waals surface area (Å²) < 4.78 is 32.9. The van der Waals surface area contributed by atoms with Gasteiger partial charge >= 0.3 is 0 Å². The van der Waals surface area contributed by atoms with Gasteiger partial charge in [-0.15, -0.1) is 0 Å². The second-order valence-corrected chi connectivity index (χ2v) is 8.83. The topological polar surface area (TPSA) is 75.7 Å². The van der Waals surface area contributed by atoms with Crippen LogP contribution >= 0.6 is 0 Å². The molecule has 0 saturated heterocycles. The van der Waals surface area contributed by atoms with Crippen LogP contribution in [-0.4, -0.2) is 28.0 Å². The minimum absolute atomic E-state index is 0.150. The Hall–Kier alpha value is -3.32. The molecule has 3 rings (SSSR count). The largest absolute Gasteiger partial charge is 0.497 e. The molecule has 0 unspecified atom stereocenters. The number of rotatable bonds is 9. The van der Waals surface area contributed by atoms with Gasteiger partial charge in [0.05, 0.1) is 17.7 Å². The fourth-order valence-corrected chi connectivity index (χ4v) is 4.68. The third kappa shape index (κ3) is 5.44. The molecule has 0 bridgehead atoms. The Balaban J connectivity index is 1.72. The van der Waals surface area contributed by atoms with Crippen molar-refractivity contribution in [1.29, 1.82) is 0 Å². The quantitative estimate of drug-likeness (QED) is 0.542. The van der Waals surface area contributed by atoms with Crippen LogP contribution in [0, 0.1) is 0 Å². The molecule has 162 valence electrons. The van der Waals surface area contributed by atoms with E-state index in [4.69, 9.17) is 4.74 Å². The van der Waals surface area contributed by atoms with E-state index in [0.29, 0.717) is 30.8 Å². The number of hydrogen-bond acceptors (Lipinski definition) is 4. The Bertz CT molecular complexity index is 1100. The van der Waals surface area contributed by atoms with Crippen molar-refractivity contribution in [1.82, 2.24) is 5.32 Å². The third-order valence-electron chi connectivity index (χ3n) is 4.79. The Morgan fingerprint density at radius 1 is 0.935 bits per heavy atom. The van der Waals surface area contributed by atoms with Gasteiger partial charge in [-0.1, -0.05) is 37.3 Å². The molecule has 0 atom stereocenters. The monoisotopic (exact) mass is 438 g/mol. The van der Waals surface area contributed by atoms with E-state index in [2.05, 4.69) is 5.32 Å². The number of carbonyl (C=O) groups excluding carboxylic acids is 1. The normalized spacial score (nSPS) is 11.0. The number of carbonyl (C=O) groups is 1. The van der Waals surface area contributed by atoms with Crippen LogP contribution in [0.4, 0.5) is 5.69 Å². The van der Waals surface area contributed by atoms with Gasteiger partial charge in [-0.25, -0.2) is 8.42 Å². The molecule has 0 saturated carbocycles. The average molecular weight is 439 g/mol. The summed E-state index contributed by atoms with van der Waals surface area (Å²) in [4.78, 5) is 12.6. The minimum Gasteiger partial charge on any atom is -0.497 e. The fourth-order valence-electron chi connectivity index (χ4n) is 3.12. The maximum absolute atomic E-state index is 13.2. The maximum atomic E-state index is 13.2. The lowest BCUT2D eigenvalue weighted by molar-refractivity contribution is 0.0951. The molecule has 0 aliphatic heterocycles. The van der Waals surface area contributed by atoms with Gasteiger partial charge in [-0.2, -0.15) is 0 Å². The molecule has 0 spiro atoms. The first-order chi connectivity index (χ1) is 15.0. The predicted molar refractivity (Wildman–Crippen MR) is 122 cm³/mol. The van der Waals surface area contributed by atoms with E-state index in [1.54, 1.807) is 19.2 Å². The van der Waals surface area contributed by atoms with Crippen molar-refractivity contribution in [2.24, 2.45) is 0 Å². The highest BCUT2D eigenvalue weighted by Crippen LogP contribution is 2.24. The summed E-state index contributed by atoms with van der Waals surface area (Å²) in [7, 11) is -2.13. The number of para-hydroxylation sites is 1. The van der Waals surface area contributed by atoms with Crippen molar-refractivity contribution >= 4 is 21.6 Å². The van der Waals surface area contributed by atoms with Gasteiger partial charge in [-0.05, 0) is 60.5 Å². The van der Waals surface area contributed by atoms with E-state index in [9.17, 15) is 13.2 Å². The molecule has 0 fully saturated rings. The van der Waals surface area contributed by atoms with E-state index in [1.165, 1.54) is 28.6 Å². The molecule has 3 aromatic rings. The predicted octanol–water partition coefficient (Wildman–Crippen LogP) is 4.23. The molecule has 0 aliphatic carbocycles. The van der Waals surface area contributed by atoms with E-state index in [0.717, 1.165) is 11.3 Å². The van der Waals surface area contributed by atoms with Crippen molar-refractivity contribution in [3.8, 4) is 5.75 Å². The second-order valence-electron chi connectivity index (χ2n) is 6.97. The molecule has 0 aromatic heterocycles. The van der Waals surface area contributed by atoms with E-state index in [-0.39, 0.29) is 10.8 Å². The summed E-state index contributed by atoms with van der Waals surface area (Å²) in [5.41, 5.74) is 1.95. The van der Waals surface area contributed by atoms with Gasteiger partial charge in [0, 0.05) is 18.7 Å². The van der Waals surface area contributed by atoms with Gasteiger partial charge in [-0.3, -0.25) is 9.10 Å². The second kappa shape index (κ2) is 10.1. The number of sulfonamides is 1. The number of nitrogens with zero attached hydrogens (tertiary/aromatic N) is 1. The number of nitrogens with one attached hydrogen (secondary N) is 1. The molecule has 3 aromatic carbocycles. The molecular formula is C24H26N2O4S. The molecule has 0 aliphatic rings. The third-order valence-corrected chi connectivity index (χ3v) is 6.63. The SMILES string of the molecule is CCCN(c1ccccc1)S(=O)(=O)c1ccc(C(=O)NCc2ccc(OC)cc2)cc1. The molecule has 0 heterocycles. The summed E-state index contributed by atoms with van der Waals surface area (Å²) in [6.45, 7) is 2.67. The van der Waals surface area contributed by atoms with Crippen molar-refractivity contribution < 1.29 is 17.9 Å². The number of amides is 1. The van der Waals surface area contributed by atoms with Crippen LogP contribution in [0.3, 0.4) is 0 Å². The molecule has 0 radical (unpaired) electrons. The van der Waals surface area contributed by atoms with Crippen LogP contribution in [0.25, 0.3) is 0 Å². The lowest BCUT2D eigenvalue weighted by atomic mass is 10.2. The minimum atomic E-state index is -3.73. The maximum Gasteiger partial charge on any atom is 0.264 e. The Kier molecular flexibility index (Phi) is 7.31. The zero-order valence-corrected chi connectivity index (χ0v) is 18.4. The lowest BCUT2D eigenvalue weighted by Crippen LogP contribution is -2.31. The standard InChI is InChI=1S/C24H26N2O4S/c1-3-17-26(21-7-5-4-6-8-21)31(28,29)23-15-11-20(12-16-23)24(27)25-18-19-9-13-22(30-2)14-10-19/h4-16H,3,17-18H2,1-2H3,(H,25,27). The van der Waals surface area contributed by atoms with E-state index in [1.807, 2.05) is 49.4 Å². The molecule has 7 heteroatoms. The van der Waals surface area contributed by atoms with Crippen LogP contribution in [-0.2, 0) is 16.6 Å². The summed E-state index contributed by atoms with van der Waals surface area (Å²) in [5, 5.41) is 2.84. The first-order valence-corrected chi connectivity index (χ1v) is 11.5. The summed E-state index contributed by atoms with van der Waals surface area (Å²) in [6, 6.07) is 22.4. The first-order valence-electron chi connectivity index (χ1n) is 10.0. The number of benzene rings is 3. The average Bonchev–Trinajstić information content (AvgIpc) is 2.81. The van der Waals surface area contributed by atoms with Crippen molar-refractivity contribution in [3.63, 3.8) is 0 Å². The van der Waals surface area contributed by atoms with Crippen LogP contribution in [0.5, 0.6) is 5.75 Å².